The van der Waals surface area contributed by atoms with Crippen molar-refractivity contribution in [3.05, 3.63) is 53.7 Å². The summed E-state index contributed by atoms with van der Waals surface area (Å²) in [5.74, 6) is -0.0570. The molecule has 1 aromatic heterocycles. The van der Waals surface area contributed by atoms with Crippen LogP contribution in [-0.4, -0.2) is 12.0 Å². The highest BCUT2D eigenvalue weighted by atomic mass is 19.1. The van der Waals surface area contributed by atoms with Gasteiger partial charge in [-0.15, -0.1) is 0 Å². The first-order valence-electron chi connectivity index (χ1n) is 6.30. The molecule has 0 aliphatic heterocycles. The van der Waals surface area contributed by atoms with E-state index in [1.807, 2.05) is 0 Å². The minimum atomic E-state index is -0.790. The number of amides is 1. The summed E-state index contributed by atoms with van der Waals surface area (Å²) < 4.78 is 24.2. The van der Waals surface area contributed by atoms with Crippen LogP contribution in [-0.2, 0) is 11.3 Å². The van der Waals surface area contributed by atoms with Crippen molar-refractivity contribution in [2.45, 2.75) is 26.5 Å². The number of hydrogen-bond donors (Lipinski definition) is 1. The number of rotatable bonds is 5. The van der Waals surface area contributed by atoms with Crippen LogP contribution >= 0.6 is 0 Å². The Hall–Kier alpha value is -2.30. The van der Waals surface area contributed by atoms with Crippen LogP contribution in [0.2, 0.25) is 0 Å². The maximum absolute atomic E-state index is 13.8. The van der Waals surface area contributed by atoms with Crippen molar-refractivity contribution in [2.75, 3.05) is 0 Å². The van der Waals surface area contributed by atoms with Gasteiger partial charge < -0.3 is 14.5 Å². The number of nitrogens with one attached hydrogen (secondary N) is 1. The maximum atomic E-state index is 13.8. The van der Waals surface area contributed by atoms with Gasteiger partial charge in [-0.2, -0.15) is 0 Å². The van der Waals surface area contributed by atoms with Crippen LogP contribution in [0.15, 0.2) is 41.0 Å². The first-order chi connectivity index (χ1) is 9.58. The molecule has 1 atom stereocenters. The number of carbonyl (C=O) groups excluding carboxylic acids is 1. The number of aryl methyl sites for hydroxylation is 1. The SMILES string of the molecule is Cc1cccc(OC(C)C(=O)NCc2ccco2)c1F. The molecule has 2 rings (SSSR count). The van der Waals surface area contributed by atoms with Gasteiger partial charge in [-0.1, -0.05) is 12.1 Å². The lowest BCUT2D eigenvalue weighted by atomic mass is 10.2. The number of carbonyl (C=O) groups is 1. The Morgan fingerprint density at radius 2 is 2.20 bits per heavy atom. The quantitative estimate of drug-likeness (QED) is 0.914. The van der Waals surface area contributed by atoms with E-state index in [2.05, 4.69) is 5.32 Å². The second-order valence-electron chi connectivity index (χ2n) is 4.44. The minimum absolute atomic E-state index is 0.0747. The average Bonchev–Trinajstić information content (AvgIpc) is 2.94. The minimum Gasteiger partial charge on any atom is -0.478 e. The molecular formula is C15H16FNO3. The van der Waals surface area contributed by atoms with E-state index in [1.54, 1.807) is 38.1 Å². The fourth-order valence-corrected chi connectivity index (χ4v) is 1.69. The smallest absolute Gasteiger partial charge is 0.261 e. The van der Waals surface area contributed by atoms with E-state index in [0.717, 1.165) is 0 Å². The molecule has 0 fully saturated rings. The Balaban J connectivity index is 1.92. The number of furan rings is 1. The van der Waals surface area contributed by atoms with Gasteiger partial charge in [-0.25, -0.2) is 4.39 Å². The normalized spacial score (nSPS) is 11.9. The Labute approximate surface area is 116 Å². The molecule has 0 bridgehead atoms. The fourth-order valence-electron chi connectivity index (χ4n) is 1.69. The van der Waals surface area contributed by atoms with Gasteiger partial charge in [0.1, 0.15) is 5.76 Å². The molecule has 0 spiro atoms. The Morgan fingerprint density at radius 3 is 2.90 bits per heavy atom. The van der Waals surface area contributed by atoms with Crippen LogP contribution in [0.25, 0.3) is 0 Å². The summed E-state index contributed by atoms with van der Waals surface area (Å²) in [6, 6.07) is 8.32. The fraction of sp³-hybridized carbons (Fsp3) is 0.267. The number of hydrogen-bond acceptors (Lipinski definition) is 3. The number of benzene rings is 1. The van der Waals surface area contributed by atoms with Crippen molar-refractivity contribution in [1.82, 2.24) is 5.32 Å². The van der Waals surface area contributed by atoms with E-state index in [9.17, 15) is 9.18 Å². The summed E-state index contributed by atoms with van der Waals surface area (Å²) >= 11 is 0. The van der Waals surface area contributed by atoms with Gasteiger partial charge in [-0.05, 0) is 37.6 Å². The van der Waals surface area contributed by atoms with Gasteiger partial charge in [0.15, 0.2) is 17.7 Å². The second kappa shape index (κ2) is 6.23. The lowest BCUT2D eigenvalue weighted by Gasteiger charge is -2.15. The molecule has 0 aliphatic carbocycles. The van der Waals surface area contributed by atoms with Crippen molar-refractivity contribution in [3.8, 4) is 5.75 Å². The van der Waals surface area contributed by atoms with Crippen LogP contribution in [0.5, 0.6) is 5.75 Å². The van der Waals surface area contributed by atoms with E-state index >= 15 is 0 Å². The van der Waals surface area contributed by atoms with E-state index in [4.69, 9.17) is 9.15 Å². The highest BCUT2D eigenvalue weighted by Crippen LogP contribution is 2.20. The lowest BCUT2D eigenvalue weighted by Crippen LogP contribution is -2.36. The lowest BCUT2D eigenvalue weighted by molar-refractivity contribution is -0.127. The summed E-state index contributed by atoms with van der Waals surface area (Å²) in [4.78, 5) is 11.8. The van der Waals surface area contributed by atoms with Crippen molar-refractivity contribution in [1.29, 1.82) is 0 Å². The summed E-state index contributed by atoms with van der Waals surface area (Å²) in [6.07, 6.45) is 0.741. The third-order valence-electron chi connectivity index (χ3n) is 2.85. The van der Waals surface area contributed by atoms with Gasteiger partial charge in [0.05, 0.1) is 12.8 Å². The molecule has 1 amide bonds. The summed E-state index contributed by atoms with van der Waals surface area (Å²) in [6.45, 7) is 3.49. The zero-order valence-corrected chi connectivity index (χ0v) is 11.4. The van der Waals surface area contributed by atoms with Crippen LogP contribution in [0.4, 0.5) is 4.39 Å². The van der Waals surface area contributed by atoms with Gasteiger partial charge in [0.2, 0.25) is 0 Å². The van der Waals surface area contributed by atoms with Crippen molar-refractivity contribution >= 4 is 5.91 Å². The van der Waals surface area contributed by atoms with Gasteiger partial charge in [0.25, 0.3) is 5.91 Å². The topological polar surface area (TPSA) is 51.5 Å². The zero-order chi connectivity index (χ0) is 14.5. The monoisotopic (exact) mass is 277 g/mol. The third-order valence-corrected chi connectivity index (χ3v) is 2.85. The van der Waals surface area contributed by atoms with E-state index in [1.165, 1.54) is 12.3 Å². The molecule has 0 aliphatic rings. The van der Waals surface area contributed by atoms with E-state index in [0.29, 0.717) is 11.3 Å². The molecule has 1 N–H and O–H groups in total. The largest absolute Gasteiger partial charge is 0.478 e. The van der Waals surface area contributed by atoms with Crippen LogP contribution < -0.4 is 10.1 Å². The highest BCUT2D eigenvalue weighted by molar-refractivity contribution is 5.80. The van der Waals surface area contributed by atoms with Crippen LogP contribution in [0.1, 0.15) is 18.2 Å². The van der Waals surface area contributed by atoms with Crippen molar-refractivity contribution < 1.29 is 18.3 Å². The number of ether oxygens (including phenoxy) is 1. The number of halogens is 1. The highest BCUT2D eigenvalue weighted by Gasteiger charge is 2.17. The first-order valence-corrected chi connectivity index (χ1v) is 6.30. The Bertz CT molecular complexity index is 581. The molecular weight excluding hydrogens is 261 g/mol. The molecule has 0 saturated heterocycles. The van der Waals surface area contributed by atoms with E-state index < -0.39 is 11.9 Å². The first kappa shape index (κ1) is 14.1. The molecule has 0 radical (unpaired) electrons. The second-order valence-corrected chi connectivity index (χ2v) is 4.44. The molecule has 1 aromatic carbocycles. The van der Waals surface area contributed by atoms with Crippen LogP contribution in [0, 0.1) is 12.7 Å². The molecule has 1 heterocycles. The van der Waals surface area contributed by atoms with Crippen molar-refractivity contribution in [2.24, 2.45) is 0 Å². The molecule has 4 nitrogen and oxygen atoms in total. The van der Waals surface area contributed by atoms with Crippen LogP contribution in [0.3, 0.4) is 0 Å². The Kier molecular flexibility index (Phi) is 4.40. The summed E-state index contributed by atoms with van der Waals surface area (Å²) in [7, 11) is 0. The molecule has 2 aromatic rings. The molecule has 5 heteroatoms. The van der Waals surface area contributed by atoms with Gasteiger partial charge >= 0.3 is 0 Å². The molecule has 20 heavy (non-hydrogen) atoms. The Morgan fingerprint density at radius 1 is 1.40 bits per heavy atom. The summed E-state index contributed by atoms with van der Waals surface area (Å²) in [5.41, 5.74) is 0.477. The average molecular weight is 277 g/mol. The predicted molar refractivity (Wildman–Crippen MR) is 71.8 cm³/mol. The standard InChI is InChI=1S/C15H16FNO3/c1-10-5-3-7-13(14(10)16)20-11(2)15(18)17-9-12-6-4-8-19-12/h3-8,11H,9H2,1-2H3,(H,17,18). The van der Waals surface area contributed by atoms with Gasteiger partial charge in [-0.3, -0.25) is 4.79 Å². The van der Waals surface area contributed by atoms with E-state index in [-0.39, 0.29) is 18.2 Å². The summed E-state index contributed by atoms with van der Waals surface area (Å²) in [5, 5.41) is 2.66. The molecule has 1 unspecified atom stereocenters. The molecule has 0 saturated carbocycles. The molecule has 106 valence electrons. The maximum Gasteiger partial charge on any atom is 0.261 e. The zero-order valence-electron chi connectivity index (χ0n) is 11.4. The van der Waals surface area contributed by atoms with Gasteiger partial charge in [0, 0.05) is 0 Å². The third kappa shape index (κ3) is 3.38. The van der Waals surface area contributed by atoms with Crippen molar-refractivity contribution in [3.63, 3.8) is 0 Å². The predicted octanol–water partition coefficient (Wildman–Crippen LogP) is 2.81.